The Balaban J connectivity index is 1.67. The number of aliphatic hydroxyl groups is 3. The molecule has 1 amide bonds. The van der Waals surface area contributed by atoms with E-state index in [1.807, 2.05) is 26.8 Å². The van der Waals surface area contributed by atoms with Gasteiger partial charge in [-0.05, 0) is 120 Å². The van der Waals surface area contributed by atoms with Crippen LogP contribution in [0.3, 0.4) is 0 Å². The maximum atomic E-state index is 14.3. The van der Waals surface area contributed by atoms with E-state index in [1.54, 1.807) is 41.1 Å². The summed E-state index contributed by atoms with van der Waals surface area (Å²) >= 11 is 0. The van der Waals surface area contributed by atoms with Crippen LogP contribution < -0.4 is 0 Å². The molecule has 0 aromatic rings. The molecule has 0 spiro atoms. The van der Waals surface area contributed by atoms with E-state index < -0.39 is 77.8 Å². The summed E-state index contributed by atoms with van der Waals surface area (Å²) in [6, 6.07) is -1.13. The van der Waals surface area contributed by atoms with Crippen molar-refractivity contribution < 1.29 is 63.0 Å². The van der Waals surface area contributed by atoms with E-state index in [0.29, 0.717) is 69.8 Å². The highest BCUT2D eigenvalue weighted by Crippen LogP contribution is 2.38. The summed E-state index contributed by atoms with van der Waals surface area (Å²) in [6.07, 6.45) is 10.3. The first-order valence-corrected chi connectivity index (χ1v) is 23.8. The number of piperidine rings is 1. The quantitative estimate of drug-likeness (QED) is 0.156. The first kappa shape index (κ1) is 53.5. The van der Waals surface area contributed by atoms with Crippen molar-refractivity contribution in [3.8, 4) is 0 Å². The predicted octanol–water partition coefficient (Wildman–Crippen LogP) is 6.16. The van der Waals surface area contributed by atoms with E-state index in [1.165, 1.54) is 12.0 Å². The van der Waals surface area contributed by atoms with Crippen LogP contribution in [0, 0.1) is 29.6 Å². The lowest BCUT2D eigenvalue weighted by Crippen LogP contribution is -2.61. The summed E-state index contributed by atoms with van der Waals surface area (Å²) in [5.74, 6) is -7.82. The maximum absolute atomic E-state index is 14.3. The summed E-state index contributed by atoms with van der Waals surface area (Å²) in [4.78, 5) is 71.6. The number of carbonyl (C=O) groups excluding carboxylic acids is 5. The molecule has 2 bridgehead atoms. The predicted molar refractivity (Wildman–Crippen MR) is 241 cm³/mol. The Morgan fingerprint density at radius 1 is 0.844 bits per heavy atom. The van der Waals surface area contributed by atoms with Crippen LogP contribution in [0.15, 0.2) is 35.5 Å². The topological polar surface area (TPSA) is 195 Å². The van der Waals surface area contributed by atoms with Crippen LogP contribution in [0.25, 0.3) is 0 Å². The fourth-order valence-corrected chi connectivity index (χ4v) is 9.99. The van der Waals surface area contributed by atoms with Crippen LogP contribution in [0.4, 0.5) is 0 Å². The fraction of sp³-hybridized carbons (Fsp3) is 0.780. The van der Waals surface area contributed by atoms with Gasteiger partial charge in [0.2, 0.25) is 5.79 Å². The van der Waals surface area contributed by atoms with E-state index in [9.17, 15) is 39.3 Å². The van der Waals surface area contributed by atoms with Gasteiger partial charge in [-0.2, -0.15) is 0 Å². The molecule has 4 rings (SSSR count). The molecule has 0 aromatic heterocycles. The van der Waals surface area contributed by atoms with Gasteiger partial charge < -0.3 is 43.9 Å². The molecular weight excluding hydrogens is 823 g/mol. The number of amides is 1. The third kappa shape index (κ3) is 14.0. The van der Waals surface area contributed by atoms with Gasteiger partial charge >= 0.3 is 5.97 Å². The molecule has 0 aromatic carbocycles. The normalized spacial score (nSPS) is 38.6. The Morgan fingerprint density at radius 2 is 1.56 bits per heavy atom. The van der Waals surface area contributed by atoms with Gasteiger partial charge in [0.05, 0.1) is 24.4 Å². The number of methoxy groups -OCH3 is 3. The van der Waals surface area contributed by atoms with Gasteiger partial charge in [0.1, 0.15) is 30.1 Å². The van der Waals surface area contributed by atoms with Crippen molar-refractivity contribution in [1.29, 1.82) is 0 Å². The summed E-state index contributed by atoms with van der Waals surface area (Å²) in [5, 5.41) is 33.8. The molecule has 3 heterocycles. The summed E-state index contributed by atoms with van der Waals surface area (Å²) < 4.78 is 29.4. The number of hydrogen-bond donors (Lipinski definition) is 3. The van der Waals surface area contributed by atoms with Gasteiger partial charge in [-0.25, -0.2) is 4.79 Å². The Bertz CT molecular complexity index is 1680. The van der Waals surface area contributed by atoms with Gasteiger partial charge in [-0.3, -0.25) is 19.2 Å². The summed E-state index contributed by atoms with van der Waals surface area (Å²) in [7, 11) is 4.55. The molecule has 3 fully saturated rings. The van der Waals surface area contributed by atoms with Crippen LogP contribution in [-0.4, -0.2) is 132 Å². The molecule has 1 aliphatic carbocycles. The number of hydrogen-bond acceptors (Lipinski definition) is 13. The van der Waals surface area contributed by atoms with Crippen molar-refractivity contribution in [2.75, 3.05) is 27.9 Å². The van der Waals surface area contributed by atoms with Crippen molar-refractivity contribution >= 4 is 29.2 Å². The zero-order chi connectivity index (χ0) is 47.3. The van der Waals surface area contributed by atoms with Crippen molar-refractivity contribution in [3.05, 3.63) is 35.5 Å². The number of fused-ring (bicyclic) bond motifs is 3. The Hall–Kier alpha value is -3.11. The van der Waals surface area contributed by atoms with E-state index in [2.05, 4.69) is 12.2 Å². The second-order valence-corrected chi connectivity index (χ2v) is 19.3. The standard InChI is InChI=1S/C50H79NO13/c1-30-17-13-11-10-12-14-18-31(2)44(54)46(62-9)45(55)34(5)25-32(3)40(53)29-42(33(4)26-36-21-23-39(52)43(27-36)61-8)63-49(58)38-19-15-16-24-51(38)48(57)47(56)50(59)35(6)20-22-37(64-50)28-41(30)60-7/h10,12,17,25,31-33,35-39,41-43,45-46,52,55,59H,11,13-16,18-24,26-29H2,1-9H3/b12-10+,30-17+,34-25?/t31-,32-,33-,35-,36-,37+,38+,39-,41+,42+,43-,45-,46+,50-/m1/s1. The largest absolute Gasteiger partial charge is 0.460 e. The van der Waals surface area contributed by atoms with Crippen molar-refractivity contribution in [1.82, 2.24) is 4.90 Å². The molecule has 14 nitrogen and oxygen atoms in total. The number of nitrogens with zero attached hydrogens (tertiary/aromatic N) is 1. The van der Waals surface area contributed by atoms with Crippen LogP contribution in [0.2, 0.25) is 0 Å². The average Bonchev–Trinajstić information content (AvgIpc) is 3.28. The number of ketones is 3. The van der Waals surface area contributed by atoms with Crippen LogP contribution >= 0.6 is 0 Å². The third-order valence-corrected chi connectivity index (χ3v) is 14.5. The van der Waals surface area contributed by atoms with E-state index in [4.69, 9.17) is 23.7 Å². The van der Waals surface area contributed by atoms with Crippen molar-refractivity contribution in [2.24, 2.45) is 29.6 Å². The highest BCUT2D eigenvalue weighted by Gasteiger charge is 2.53. The number of ether oxygens (including phenoxy) is 5. The van der Waals surface area contributed by atoms with Gasteiger partial charge in [0.25, 0.3) is 11.7 Å². The van der Waals surface area contributed by atoms with Crippen LogP contribution in [0.5, 0.6) is 0 Å². The second-order valence-electron chi connectivity index (χ2n) is 19.3. The molecule has 64 heavy (non-hydrogen) atoms. The number of rotatable bonds is 6. The lowest BCUT2D eigenvalue weighted by molar-refractivity contribution is -0.265. The zero-order valence-corrected chi connectivity index (χ0v) is 40.0. The van der Waals surface area contributed by atoms with E-state index >= 15 is 0 Å². The molecule has 1 saturated carbocycles. The minimum absolute atomic E-state index is 0.0955. The number of esters is 1. The van der Waals surface area contributed by atoms with Crippen molar-refractivity contribution in [3.63, 3.8) is 0 Å². The van der Waals surface area contributed by atoms with Gasteiger partial charge in [0.15, 0.2) is 5.78 Å². The van der Waals surface area contributed by atoms with Gasteiger partial charge in [-0.15, -0.1) is 0 Å². The highest BCUT2D eigenvalue weighted by atomic mass is 16.6. The number of Topliss-reactive ketones (excluding diaryl/α,β-unsaturated/α-hetero) is 3. The van der Waals surface area contributed by atoms with Crippen LogP contribution in [0.1, 0.15) is 138 Å². The molecule has 0 radical (unpaired) electrons. The minimum Gasteiger partial charge on any atom is -0.460 e. The Labute approximate surface area is 381 Å². The van der Waals surface area contributed by atoms with E-state index in [0.717, 1.165) is 24.8 Å². The number of aliphatic hydroxyl groups excluding tert-OH is 2. The number of allylic oxidation sites excluding steroid dienone is 4. The maximum Gasteiger partial charge on any atom is 0.329 e. The molecule has 0 unspecified atom stereocenters. The second kappa shape index (κ2) is 25.1. The smallest absolute Gasteiger partial charge is 0.329 e. The summed E-state index contributed by atoms with van der Waals surface area (Å²) in [6.45, 7) is 10.8. The Kier molecular flexibility index (Phi) is 21.0. The molecule has 362 valence electrons. The molecule has 14 atom stereocenters. The first-order valence-electron chi connectivity index (χ1n) is 23.8. The number of carbonyl (C=O) groups is 5. The molecule has 2 saturated heterocycles. The van der Waals surface area contributed by atoms with Gasteiger partial charge in [0, 0.05) is 58.5 Å². The fourth-order valence-electron chi connectivity index (χ4n) is 9.99. The summed E-state index contributed by atoms with van der Waals surface area (Å²) in [5.41, 5.74) is 1.37. The minimum atomic E-state index is -2.41. The monoisotopic (exact) mass is 902 g/mol. The van der Waals surface area contributed by atoms with Gasteiger partial charge in [-0.1, -0.05) is 52.0 Å². The lowest BCUT2D eigenvalue weighted by atomic mass is 9.78. The molecule has 3 aliphatic heterocycles. The van der Waals surface area contributed by atoms with Crippen LogP contribution in [-0.2, 0) is 47.7 Å². The molecule has 14 heteroatoms. The SMILES string of the molecule is CO[C@H]1C[C@@H]2CC[C@@H](C)[C@@](O)(O2)C(=O)C(=O)N2CCCC[C@H]2C(=O)O[C@H]([C@H](C)C[C@H]2CC[C@@H](O)[C@H](OC)C2)CC(=O)[C@H](C)C=C(C)[C@@H](O)[C@@H](OC)C(=O)[C@H](C)CC/C=C/CC/C=C/1C. The lowest BCUT2D eigenvalue weighted by Gasteiger charge is -2.42. The number of cyclic esters (lactones) is 1. The Morgan fingerprint density at radius 3 is 2.25 bits per heavy atom. The first-order chi connectivity index (χ1) is 30.4. The highest BCUT2D eigenvalue weighted by molar-refractivity contribution is 6.39. The molecule has 3 N–H and O–H groups in total. The zero-order valence-electron chi connectivity index (χ0n) is 40.0. The van der Waals surface area contributed by atoms with E-state index in [-0.39, 0.29) is 55.0 Å². The third-order valence-electron chi connectivity index (χ3n) is 14.5. The molecule has 4 aliphatic rings. The van der Waals surface area contributed by atoms with Crippen molar-refractivity contribution in [2.45, 2.75) is 192 Å². The average molecular weight is 902 g/mol. The molecular formula is C50H79NO13.